The van der Waals surface area contributed by atoms with Gasteiger partial charge in [-0.15, -0.1) is 0 Å². The largest absolute Gasteiger partial charge is 0.0599 e. The first kappa shape index (κ1) is 31.6. The topological polar surface area (TPSA) is 0 Å². The quantitative estimate of drug-likeness (QED) is 0.246. The monoisotopic (exact) mass is 591 g/mol. The van der Waals surface area contributed by atoms with Gasteiger partial charge in [-0.1, -0.05) is 81.1 Å². The molecule has 11 saturated carbocycles. The molecule has 0 aromatic rings. The molecule has 0 radical (unpaired) electrons. The van der Waals surface area contributed by atoms with Crippen molar-refractivity contribution in [3.8, 4) is 0 Å². The second-order valence-corrected chi connectivity index (χ2v) is 21.7. The molecule has 0 aromatic heterocycles. The van der Waals surface area contributed by atoms with Gasteiger partial charge in [0, 0.05) is 0 Å². The maximum atomic E-state index is 2.54. The van der Waals surface area contributed by atoms with E-state index in [9.17, 15) is 0 Å². The molecule has 0 aliphatic heterocycles. The Kier molecular flexibility index (Phi) is 8.31. The van der Waals surface area contributed by atoms with Gasteiger partial charge in [-0.2, -0.15) is 0 Å². The third-order valence-electron chi connectivity index (χ3n) is 17.3. The van der Waals surface area contributed by atoms with Crippen molar-refractivity contribution in [2.24, 2.45) is 92.7 Å². The van der Waals surface area contributed by atoms with E-state index in [4.69, 9.17) is 0 Å². The van der Waals surface area contributed by atoms with Crippen LogP contribution < -0.4 is 0 Å². The van der Waals surface area contributed by atoms with Crippen LogP contribution in [-0.4, -0.2) is 0 Å². The van der Waals surface area contributed by atoms with Gasteiger partial charge >= 0.3 is 0 Å². The van der Waals surface area contributed by atoms with Gasteiger partial charge in [0.1, 0.15) is 0 Å². The van der Waals surface area contributed by atoms with Crippen LogP contribution in [0.2, 0.25) is 0 Å². The first-order valence-electron chi connectivity index (χ1n) is 20.2. The van der Waals surface area contributed by atoms with Gasteiger partial charge in [-0.25, -0.2) is 0 Å². The summed E-state index contributed by atoms with van der Waals surface area (Å²) in [7, 11) is 0. The van der Waals surface area contributed by atoms with Crippen LogP contribution in [0.1, 0.15) is 177 Å². The van der Waals surface area contributed by atoms with E-state index in [0.717, 1.165) is 47.3 Å². The number of hydrogen-bond acceptors (Lipinski definition) is 0. The molecule has 11 aliphatic rings. The lowest BCUT2D eigenvalue weighted by Crippen LogP contribution is -2.49. The molecule has 11 aliphatic carbocycles. The van der Waals surface area contributed by atoms with E-state index in [1.54, 1.807) is 70.6 Å². The van der Waals surface area contributed by atoms with Crippen LogP contribution in [-0.2, 0) is 0 Å². The summed E-state index contributed by atoms with van der Waals surface area (Å²) in [5.41, 5.74) is 2.80. The van der Waals surface area contributed by atoms with Crippen LogP contribution in [0.4, 0.5) is 0 Å². The Morgan fingerprint density at radius 2 is 1.00 bits per heavy atom. The van der Waals surface area contributed by atoms with Crippen molar-refractivity contribution in [1.82, 2.24) is 0 Å². The van der Waals surface area contributed by atoms with Crippen molar-refractivity contribution in [1.29, 1.82) is 0 Å². The van der Waals surface area contributed by atoms with Crippen LogP contribution in [0.5, 0.6) is 0 Å². The second-order valence-electron chi connectivity index (χ2n) is 21.7. The molecule has 11 fully saturated rings. The Bertz CT molecular complexity index is 940. The maximum Gasteiger partial charge on any atom is -0.0297 e. The predicted octanol–water partition coefficient (Wildman–Crippen LogP) is 13.0. The van der Waals surface area contributed by atoms with E-state index in [1.165, 1.54) is 75.0 Å². The lowest BCUT2D eigenvalue weighted by molar-refractivity contribution is -0.0876. The minimum absolute atomic E-state index is 0.679. The highest BCUT2D eigenvalue weighted by Crippen LogP contribution is 2.71. The standard InChI is InChI=1S/C14H22.C12H20.C9H16.C8H16/c1-14(2)7-10-6-11(14)13-9-4-3-8(5-9)12(10)13;1-12(2)10-4-8-3-9(6-10)7-11(12)5-8;1-9(2)6-7-3-4-8(9)5-7;1-8(2)6-4-3-5-7-8/h8-13H,3-7H2,1-2H3;8-11H,3-7H2,1-2H3;7-8H,3-6H2,1-2H3;3-7H2,1-2H3. The Labute approximate surface area is 269 Å². The van der Waals surface area contributed by atoms with Crippen LogP contribution in [0, 0.1) is 92.7 Å². The summed E-state index contributed by atoms with van der Waals surface area (Å²) in [5, 5.41) is 0. The minimum atomic E-state index is 0.679. The van der Waals surface area contributed by atoms with Crippen molar-refractivity contribution in [2.45, 2.75) is 177 Å². The molecule has 0 N–H and O–H groups in total. The average Bonchev–Trinajstić information content (AvgIpc) is 3.75. The third kappa shape index (κ3) is 5.98. The first-order valence-corrected chi connectivity index (χ1v) is 20.2. The molecular weight excluding hydrogens is 516 g/mol. The maximum absolute atomic E-state index is 2.54. The lowest BCUT2D eigenvalue weighted by atomic mass is 9.46. The summed E-state index contributed by atoms with van der Waals surface area (Å²) in [6.07, 6.45) is 29.3. The summed E-state index contributed by atoms with van der Waals surface area (Å²) in [6.45, 7) is 19.8. The highest BCUT2D eigenvalue weighted by atomic mass is 14.7. The van der Waals surface area contributed by atoms with Gasteiger partial charge in [-0.3, -0.25) is 0 Å². The van der Waals surface area contributed by atoms with Gasteiger partial charge in [0.15, 0.2) is 0 Å². The summed E-state index contributed by atoms with van der Waals surface area (Å²) < 4.78 is 0. The van der Waals surface area contributed by atoms with Gasteiger partial charge in [0.05, 0.1) is 0 Å². The highest BCUT2D eigenvalue weighted by molar-refractivity contribution is 5.13. The molecule has 43 heavy (non-hydrogen) atoms. The molecule has 0 aromatic carbocycles. The van der Waals surface area contributed by atoms with Gasteiger partial charge < -0.3 is 0 Å². The van der Waals surface area contributed by atoms with Crippen molar-refractivity contribution in [3.05, 3.63) is 0 Å². The van der Waals surface area contributed by atoms with Crippen molar-refractivity contribution >= 4 is 0 Å². The molecule has 8 unspecified atom stereocenters. The van der Waals surface area contributed by atoms with Gasteiger partial charge in [-0.05, 0) is 189 Å². The highest BCUT2D eigenvalue weighted by Gasteiger charge is 2.64. The molecule has 0 amide bonds. The fourth-order valence-corrected chi connectivity index (χ4v) is 15.0. The third-order valence-corrected chi connectivity index (χ3v) is 17.3. The predicted molar refractivity (Wildman–Crippen MR) is 185 cm³/mol. The second kappa shape index (κ2) is 11.3. The zero-order valence-electron chi connectivity index (χ0n) is 30.4. The Hall–Kier alpha value is 0. The fourth-order valence-electron chi connectivity index (χ4n) is 15.0. The molecular formula is C43H74. The Morgan fingerprint density at radius 3 is 1.47 bits per heavy atom. The van der Waals surface area contributed by atoms with Crippen LogP contribution >= 0.6 is 0 Å². The number of fused-ring (bicyclic) bond motifs is 11. The summed E-state index contributed by atoms with van der Waals surface area (Å²) in [4.78, 5) is 0. The van der Waals surface area contributed by atoms with Crippen LogP contribution in [0.3, 0.4) is 0 Å². The Morgan fingerprint density at radius 1 is 0.419 bits per heavy atom. The molecule has 10 bridgehead atoms. The van der Waals surface area contributed by atoms with Crippen molar-refractivity contribution in [3.63, 3.8) is 0 Å². The molecule has 0 saturated heterocycles. The van der Waals surface area contributed by atoms with E-state index in [2.05, 4.69) is 55.4 Å². The molecule has 0 nitrogen and oxygen atoms in total. The summed E-state index contributed by atoms with van der Waals surface area (Å²) in [6, 6.07) is 0. The zero-order valence-corrected chi connectivity index (χ0v) is 30.4. The van der Waals surface area contributed by atoms with E-state index in [-0.39, 0.29) is 0 Å². The normalized spacial score (nSPS) is 50.2. The molecule has 0 spiro atoms. The van der Waals surface area contributed by atoms with E-state index in [0.29, 0.717) is 21.7 Å². The number of hydrogen-bond donors (Lipinski definition) is 0. The lowest BCUT2D eigenvalue weighted by Gasteiger charge is -2.59. The van der Waals surface area contributed by atoms with E-state index in [1.807, 2.05) is 0 Å². The number of rotatable bonds is 0. The van der Waals surface area contributed by atoms with Gasteiger partial charge in [0.2, 0.25) is 0 Å². The first-order chi connectivity index (χ1) is 20.2. The van der Waals surface area contributed by atoms with Crippen molar-refractivity contribution in [2.75, 3.05) is 0 Å². The molecule has 11 rings (SSSR count). The van der Waals surface area contributed by atoms with Crippen LogP contribution in [0.25, 0.3) is 0 Å². The van der Waals surface area contributed by atoms with E-state index >= 15 is 0 Å². The Balaban J connectivity index is 0.0000000956. The average molecular weight is 591 g/mol. The molecule has 246 valence electrons. The minimum Gasteiger partial charge on any atom is -0.0599 e. The smallest absolute Gasteiger partial charge is 0.0297 e. The van der Waals surface area contributed by atoms with E-state index < -0.39 is 0 Å². The van der Waals surface area contributed by atoms with Crippen molar-refractivity contribution < 1.29 is 0 Å². The fraction of sp³-hybridized carbons (Fsp3) is 1.00. The van der Waals surface area contributed by atoms with Crippen LogP contribution in [0.15, 0.2) is 0 Å². The SMILES string of the molecule is CC1(C)C2CC3CC(C2)CC1C3.CC1(C)CC2CC1C1C3CCC(C3)C21.CC1(C)CC2CCC1C2.CC1(C)CCCCC1. The zero-order chi connectivity index (χ0) is 30.4. The summed E-state index contributed by atoms with van der Waals surface area (Å²) >= 11 is 0. The molecule has 0 heterocycles. The van der Waals surface area contributed by atoms with Gasteiger partial charge in [0.25, 0.3) is 0 Å². The molecule has 8 atom stereocenters. The molecule has 0 heteroatoms. The summed E-state index contributed by atoms with van der Waals surface area (Å²) in [5.74, 6) is 13.7.